The van der Waals surface area contributed by atoms with Crippen molar-refractivity contribution in [3.8, 4) is 5.75 Å². The number of hydrogen-bond donors (Lipinski definition) is 0. The number of para-hydroxylation sites is 1. The minimum absolute atomic E-state index is 0.529. The van der Waals surface area contributed by atoms with Gasteiger partial charge in [-0.15, -0.1) is 0 Å². The topological polar surface area (TPSA) is 35.5 Å². The molecule has 0 fully saturated rings. The lowest BCUT2D eigenvalue weighted by Gasteiger charge is -2.17. The molecule has 0 aromatic heterocycles. The van der Waals surface area contributed by atoms with Crippen molar-refractivity contribution < 1.29 is 13.6 Å². The van der Waals surface area contributed by atoms with Crippen molar-refractivity contribution in [2.45, 2.75) is 0 Å². The van der Waals surface area contributed by atoms with E-state index >= 15 is 0 Å². The van der Waals surface area contributed by atoms with Gasteiger partial charge in [0.2, 0.25) is 0 Å². The highest BCUT2D eigenvalue weighted by atomic mass is 31.2. The quantitative estimate of drug-likeness (QED) is 0.779. The van der Waals surface area contributed by atoms with E-state index < -0.39 is 7.60 Å². The third kappa shape index (κ3) is 2.76. The molecule has 0 heterocycles. The predicted octanol–water partition coefficient (Wildman–Crippen LogP) is 3.23. The van der Waals surface area contributed by atoms with Gasteiger partial charge in [0.05, 0.1) is 5.30 Å². The van der Waals surface area contributed by atoms with Gasteiger partial charge in [-0.3, -0.25) is 4.52 Å². The molecule has 17 heavy (non-hydrogen) atoms. The van der Waals surface area contributed by atoms with E-state index in [0.29, 0.717) is 11.1 Å². The summed E-state index contributed by atoms with van der Waals surface area (Å²) in [5, 5.41) is 0.548. The van der Waals surface area contributed by atoms with Gasteiger partial charge in [0, 0.05) is 7.11 Å². The number of rotatable bonds is 4. The molecular formula is C13H13O3P. The van der Waals surface area contributed by atoms with Crippen LogP contribution in [0.2, 0.25) is 0 Å². The maximum atomic E-state index is 12.5. The zero-order valence-electron chi connectivity index (χ0n) is 9.45. The van der Waals surface area contributed by atoms with Gasteiger partial charge in [-0.25, -0.2) is 4.57 Å². The molecule has 0 radical (unpaired) electrons. The summed E-state index contributed by atoms with van der Waals surface area (Å²) >= 11 is 0. The van der Waals surface area contributed by atoms with Crippen LogP contribution in [0.4, 0.5) is 0 Å². The van der Waals surface area contributed by atoms with Gasteiger partial charge >= 0.3 is 7.60 Å². The molecule has 0 aliphatic carbocycles. The highest BCUT2D eigenvalue weighted by Crippen LogP contribution is 2.46. The van der Waals surface area contributed by atoms with Crippen molar-refractivity contribution in [1.29, 1.82) is 0 Å². The van der Waals surface area contributed by atoms with Crippen LogP contribution in [0, 0.1) is 0 Å². The smallest absolute Gasteiger partial charge is 0.410 e. The molecule has 2 aromatic rings. The molecule has 2 rings (SSSR count). The summed E-state index contributed by atoms with van der Waals surface area (Å²) in [4.78, 5) is 0. The van der Waals surface area contributed by atoms with Crippen LogP contribution in [-0.2, 0) is 9.09 Å². The van der Waals surface area contributed by atoms with Crippen molar-refractivity contribution in [1.82, 2.24) is 0 Å². The second-order valence-electron chi connectivity index (χ2n) is 3.42. The van der Waals surface area contributed by atoms with Gasteiger partial charge < -0.3 is 4.52 Å². The minimum atomic E-state index is -3.27. The third-order valence-corrected chi connectivity index (χ3v) is 4.14. The predicted molar refractivity (Wildman–Crippen MR) is 67.8 cm³/mol. The van der Waals surface area contributed by atoms with Gasteiger partial charge in [-0.05, 0) is 24.3 Å². The van der Waals surface area contributed by atoms with Crippen molar-refractivity contribution >= 4 is 12.9 Å². The van der Waals surface area contributed by atoms with Crippen LogP contribution in [0.1, 0.15) is 0 Å². The SMILES string of the molecule is COP(=O)(Oc1ccccc1)c1ccccc1. The Kier molecular flexibility index (Phi) is 3.62. The first kappa shape index (κ1) is 11.9. The Morgan fingerprint density at radius 1 is 0.882 bits per heavy atom. The van der Waals surface area contributed by atoms with Crippen LogP contribution in [0.5, 0.6) is 5.75 Å². The molecule has 1 atom stereocenters. The molecule has 2 aromatic carbocycles. The molecule has 0 saturated heterocycles. The Bertz CT molecular complexity index is 511. The first-order chi connectivity index (χ1) is 8.24. The Hall–Kier alpha value is -1.57. The Morgan fingerprint density at radius 2 is 1.41 bits per heavy atom. The van der Waals surface area contributed by atoms with Crippen molar-refractivity contribution in [2.24, 2.45) is 0 Å². The van der Waals surface area contributed by atoms with Crippen LogP contribution in [0.25, 0.3) is 0 Å². The van der Waals surface area contributed by atoms with Crippen LogP contribution < -0.4 is 9.83 Å². The van der Waals surface area contributed by atoms with Crippen LogP contribution in [0.3, 0.4) is 0 Å². The summed E-state index contributed by atoms with van der Waals surface area (Å²) in [5.41, 5.74) is 0. The van der Waals surface area contributed by atoms with Gasteiger partial charge in [0.15, 0.2) is 0 Å². The average Bonchev–Trinajstić information content (AvgIpc) is 2.41. The second kappa shape index (κ2) is 5.17. The molecule has 88 valence electrons. The van der Waals surface area contributed by atoms with E-state index in [1.807, 2.05) is 24.3 Å². The van der Waals surface area contributed by atoms with Crippen molar-refractivity contribution in [3.05, 3.63) is 60.7 Å². The Morgan fingerprint density at radius 3 is 1.94 bits per heavy atom. The molecule has 1 unspecified atom stereocenters. The molecule has 0 amide bonds. The highest BCUT2D eigenvalue weighted by molar-refractivity contribution is 7.62. The van der Waals surface area contributed by atoms with Gasteiger partial charge in [-0.2, -0.15) is 0 Å². The summed E-state index contributed by atoms with van der Waals surface area (Å²) in [6.07, 6.45) is 0. The minimum Gasteiger partial charge on any atom is -0.421 e. The Labute approximate surface area is 101 Å². The molecule has 0 aliphatic rings. The molecule has 4 heteroatoms. The molecule has 0 saturated carbocycles. The van der Waals surface area contributed by atoms with E-state index in [4.69, 9.17) is 9.05 Å². The summed E-state index contributed by atoms with van der Waals surface area (Å²) < 4.78 is 23.0. The van der Waals surface area contributed by atoms with E-state index in [9.17, 15) is 4.57 Å². The van der Waals surface area contributed by atoms with Crippen LogP contribution in [0.15, 0.2) is 60.7 Å². The largest absolute Gasteiger partial charge is 0.421 e. The number of benzene rings is 2. The van der Waals surface area contributed by atoms with E-state index in [1.54, 1.807) is 36.4 Å². The first-order valence-corrected chi connectivity index (χ1v) is 6.75. The maximum absolute atomic E-state index is 12.5. The lowest BCUT2D eigenvalue weighted by atomic mass is 10.3. The number of hydrogen-bond acceptors (Lipinski definition) is 3. The van der Waals surface area contributed by atoms with E-state index in [0.717, 1.165) is 0 Å². The van der Waals surface area contributed by atoms with E-state index in [2.05, 4.69) is 0 Å². The fourth-order valence-corrected chi connectivity index (χ4v) is 2.75. The lowest BCUT2D eigenvalue weighted by Crippen LogP contribution is -2.10. The molecule has 3 nitrogen and oxygen atoms in total. The van der Waals surface area contributed by atoms with Gasteiger partial charge in [0.25, 0.3) is 0 Å². The maximum Gasteiger partial charge on any atom is 0.410 e. The zero-order chi connectivity index (χ0) is 12.1. The normalized spacial score (nSPS) is 13.9. The van der Waals surface area contributed by atoms with Crippen LogP contribution in [-0.4, -0.2) is 7.11 Å². The standard InChI is InChI=1S/C13H13O3P/c1-15-17(14,13-10-6-3-7-11-13)16-12-8-4-2-5-9-12/h2-11H,1H3. The van der Waals surface area contributed by atoms with Crippen molar-refractivity contribution in [2.75, 3.05) is 7.11 Å². The fraction of sp³-hybridized carbons (Fsp3) is 0.0769. The Balaban J connectivity index is 2.30. The molecule has 0 N–H and O–H groups in total. The fourth-order valence-electron chi connectivity index (χ4n) is 1.43. The second-order valence-corrected chi connectivity index (χ2v) is 5.48. The molecular weight excluding hydrogens is 235 g/mol. The summed E-state index contributed by atoms with van der Waals surface area (Å²) in [6.45, 7) is 0. The van der Waals surface area contributed by atoms with E-state index in [1.165, 1.54) is 7.11 Å². The molecule has 0 aliphatic heterocycles. The zero-order valence-corrected chi connectivity index (χ0v) is 10.3. The summed E-state index contributed by atoms with van der Waals surface area (Å²) in [7, 11) is -1.89. The molecule has 0 bridgehead atoms. The average molecular weight is 248 g/mol. The monoisotopic (exact) mass is 248 g/mol. The summed E-state index contributed by atoms with van der Waals surface area (Å²) in [5.74, 6) is 0.529. The molecule has 0 spiro atoms. The van der Waals surface area contributed by atoms with Gasteiger partial charge in [0.1, 0.15) is 5.75 Å². The van der Waals surface area contributed by atoms with E-state index in [-0.39, 0.29) is 0 Å². The van der Waals surface area contributed by atoms with Gasteiger partial charge in [-0.1, -0.05) is 36.4 Å². The highest BCUT2D eigenvalue weighted by Gasteiger charge is 2.27. The first-order valence-electron chi connectivity index (χ1n) is 5.21. The van der Waals surface area contributed by atoms with Crippen molar-refractivity contribution in [3.63, 3.8) is 0 Å². The summed E-state index contributed by atoms with van der Waals surface area (Å²) in [6, 6.07) is 17.9. The van der Waals surface area contributed by atoms with Crippen LogP contribution >= 0.6 is 7.60 Å². The third-order valence-electron chi connectivity index (χ3n) is 2.28. The lowest BCUT2D eigenvalue weighted by molar-refractivity contribution is 0.334.